The second-order valence-electron chi connectivity index (χ2n) is 5.04. The number of nitrogens with two attached hydrogens (primary N) is 2. The topological polar surface area (TPSA) is 94.3 Å². The SMILES string of the molecule is Cc1cc(C(=O)O)c2c(c1)c(CCCN)cn2CCN. The third-order valence-electron chi connectivity index (χ3n) is 3.45. The van der Waals surface area contributed by atoms with Crippen molar-refractivity contribution in [2.75, 3.05) is 13.1 Å². The van der Waals surface area contributed by atoms with Crippen molar-refractivity contribution in [3.8, 4) is 0 Å². The van der Waals surface area contributed by atoms with Crippen LogP contribution in [0.4, 0.5) is 0 Å². The van der Waals surface area contributed by atoms with E-state index in [4.69, 9.17) is 11.5 Å². The molecule has 1 aromatic heterocycles. The minimum absolute atomic E-state index is 0.340. The Hall–Kier alpha value is -1.85. The Bertz CT molecular complexity index is 632. The summed E-state index contributed by atoms with van der Waals surface area (Å²) in [7, 11) is 0. The van der Waals surface area contributed by atoms with Crippen molar-refractivity contribution in [1.82, 2.24) is 4.57 Å². The first-order chi connectivity index (χ1) is 9.58. The number of carboxylic acid groups (broad SMARTS) is 1. The van der Waals surface area contributed by atoms with Crippen LogP contribution < -0.4 is 11.5 Å². The molecule has 0 spiro atoms. The maximum Gasteiger partial charge on any atom is 0.337 e. The molecule has 0 saturated carbocycles. The van der Waals surface area contributed by atoms with E-state index in [0.717, 1.165) is 34.9 Å². The van der Waals surface area contributed by atoms with Gasteiger partial charge in [0.1, 0.15) is 0 Å². The van der Waals surface area contributed by atoms with Crippen LogP contribution in [0, 0.1) is 6.92 Å². The van der Waals surface area contributed by atoms with Gasteiger partial charge in [0.25, 0.3) is 0 Å². The van der Waals surface area contributed by atoms with Crippen LogP contribution in [0.15, 0.2) is 18.3 Å². The maximum atomic E-state index is 11.5. The molecule has 2 rings (SSSR count). The summed E-state index contributed by atoms with van der Waals surface area (Å²) in [6.07, 6.45) is 3.75. The van der Waals surface area contributed by atoms with Gasteiger partial charge in [-0.2, -0.15) is 0 Å². The van der Waals surface area contributed by atoms with Gasteiger partial charge in [0.05, 0.1) is 11.1 Å². The number of carbonyl (C=O) groups is 1. The Labute approximate surface area is 118 Å². The molecule has 1 aromatic carbocycles. The molecular weight excluding hydrogens is 254 g/mol. The lowest BCUT2D eigenvalue weighted by Crippen LogP contribution is -2.10. The number of aryl methyl sites for hydroxylation is 2. The van der Waals surface area contributed by atoms with Gasteiger partial charge in [0.15, 0.2) is 0 Å². The number of aromatic nitrogens is 1. The van der Waals surface area contributed by atoms with Crippen molar-refractivity contribution >= 4 is 16.9 Å². The number of aromatic carboxylic acids is 1. The van der Waals surface area contributed by atoms with Gasteiger partial charge in [-0.15, -0.1) is 0 Å². The first-order valence-electron chi connectivity index (χ1n) is 6.84. The number of benzene rings is 1. The van der Waals surface area contributed by atoms with Crippen LogP contribution in [-0.2, 0) is 13.0 Å². The van der Waals surface area contributed by atoms with E-state index >= 15 is 0 Å². The van der Waals surface area contributed by atoms with E-state index in [0.29, 0.717) is 25.2 Å². The summed E-state index contributed by atoms with van der Waals surface area (Å²) in [4.78, 5) is 11.5. The zero-order valence-electron chi connectivity index (χ0n) is 11.7. The van der Waals surface area contributed by atoms with Crippen LogP contribution in [0.3, 0.4) is 0 Å². The molecule has 20 heavy (non-hydrogen) atoms. The van der Waals surface area contributed by atoms with Gasteiger partial charge in [0, 0.05) is 24.7 Å². The largest absolute Gasteiger partial charge is 0.478 e. The van der Waals surface area contributed by atoms with Crippen LogP contribution in [0.5, 0.6) is 0 Å². The van der Waals surface area contributed by atoms with Crippen molar-refractivity contribution in [3.05, 3.63) is 35.0 Å². The Balaban J connectivity index is 2.68. The molecule has 108 valence electrons. The molecule has 5 N–H and O–H groups in total. The predicted octanol–water partition coefficient (Wildman–Crippen LogP) is 1.50. The molecule has 5 heteroatoms. The van der Waals surface area contributed by atoms with Gasteiger partial charge in [0.2, 0.25) is 0 Å². The first kappa shape index (κ1) is 14.6. The minimum Gasteiger partial charge on any atom is -0.478 e. The summed E-state index contributed by atoms with van der Waals surface area (Å²) in [6, 6.07) is 3.75. The van der Waals surface area contributed by atoms with E-state index in [1.54, 1.807) is 6.07 Å². The molecule has 0 radical (unpaired) electrons. The first-order valence-corrected chi connectivity index (χ1v) is 6.84. The highest BCUT2D eigenvalue weighted by atomic mass is 16.4. The third-order valence-corrected chi connectivity index (χ3v) is 3.45. The summed E-state index contributed by atoms with van der Waals surface area (Å²) in [5, 5.41) is 10.4. The highest BCUT2D eigenvalue weighted by Gasteiger charge is 2.16. The van der Waals surface area contributed by atoms with Crippen molar-refractivity contribution in [1.29, 1.82) is 0 Å². The lowest BCUT2D eigenvalue weighted by Gasteiger charge is -2.07. The highest BCUT2D eigenvalue weighted by molar-refractivity contribution is 6.03. The second kappa shape index (κ2) is 6.07. The molecule has 0 bridgehead atoms. The second-order valence-corrected chi connectivity index (χ2v) is 5.04. The molecule has 0 fully saturated rings. The average Bonchev–Trinajstić information content (AvgIpc) is 2.74. The third kappa shape index (κ3) is 2.69. The van der Waals surface area contributed by atoms with E-state index < -0.39 is 5.97 Å². The zero-order valence-corrected chi connectivity index (χ0v) is 11.7. The van der Waals surface area contributed by atoms with Crippen LogP contribution in [0.2, 0.25) is 0 Å². The summed E-state index contributed by atoms with van der Waals surface area (Å²) >= 11 is 0. The van der Waals surface area contributed by atoms with Crippen molar-refractivity contribution < 1.29 is 9.90 Å². The van der Waals surface area contributed by atoms with Gasteiger partial charge in [-0.25, -0.2) is 4.79 Å². The van der Waals surface area contributed by atoms with E-state index in [1.807, 2.05) is 23.8 Å². The molecular formula is C15H21N3O2. The molecule has 0 amide bonds. The number of fused-ring (bicyclic) bond motifs is 1. The Morgan fingerprint density at radius 1 is 1.30 bits per heavy atom. The monoisotopic (exact) mass is 275 g/mol. The molecule has 0 aliphatic rings. The molecule has 0 atom stereocenters. The molecule has 0 unspecified atom stereocenters. The van der Waals surface area contributed by atoms with Crippen molar-refractivity contribution in [3.63, 3.8) is 0 Å². The summed E-state index contributed by atoms with van der Waals surface area (Å²) in [5.41, 5.74) is 14.4. The number of nitrogens with zero attached hydrogens (tertiary/aromatic N) is 1. The van der Waals surface area contributed by atoms with Crippen molar-refractivity contribution in [2.24, 2.45) is 11.5 Å². The fraction of sp³-hybridized carbons (Fsp3) is 0.400. The van der Waals surface area contributed by atoms with Crippen LogP contribution in [0.25, 0.3) is 10.9 Å². The normalized spacial score (nSPS) is 11.2. The summed E-state index contributed by atoms with van der Waals surface area (Å²) in [5.74, 6) is -0.902. The quantitative estimate of drug-likeness (QED) is 0.744. The maximum absolute atomic E-state index is 11.5. The number of carboxylic acids is 1. The minimum atomic E-state index is -0.902. The van der Waals surface area contributed by atoms with E-state index in [1.165, 1.54) is 0 Å². The summed E-state index contributed by atoms with van der Waals surface area (Å²) < 4.78 is 1.95. The highest BCUT2D eigenvalue weighted by Crippen LogP contribution is 2.27. The van der Waals surface area contributed by atoms with Gasteiger partial charge in [-0.3, -0.25) is 0 Å². The number of rotatable bonds is 6. The van der Waals surface area contributed by atoms with E-state index in [2.05, 4.69) is 0 Å². The van der Waals surface area contributed by atoms with Crippen LogP contribution >= 0.6 is 0 Å². The average molecular weight is 275 g/mol. The van der Waals surface area contributed by atoms with E-state index in [-0.39, 0.29) is 0 Å². The fourth-order valence-electron chi connectivity index (χ4n) is 2.63. The smallest absolute Gasteiger partial charge is 0.337 e. The van der Waals surface area contributed by atoms with E-state index in [9.17, 15) is 9.90 Å². The van der Waals surface area contributed by atoms with Crippen molar-refractivity contribution in [2.45, 2.75) is 26.3 Å². The molecule has 0 saturated heterocycles. The van der Waals surface area contributed by atoms with Gasteiger partial charge < -0.3 is 21.1 Å². The number of hydrogen-bond acceptors (Lipinski definition) is 3. The Kier molecular flexibility index (Phi) is 4.42. The van der Waals surface area contributed by atoms with Gasteiger partial charge in [-0.05, 0) is 49.6 Å². The lowest BCUT2D eigenvalue weighted by molar-refractivity contribution is 0.0698. The fourth-order valence-corrected chi connectivity index (χ4v) is 2.63. The molecule has 5 nitrogen and oxygen atoms in total. The van der Waals surface area contributed by atoms with Crippen LogP contribution in [-0.4, -0.2) is 28.7 Å². The van der Waals surface area contributed by atoms with Crippen LogP contribution in [0.1, 0.15) is 27.9 Å². The predicted molar refractivity (Wildman–Crippen MR) is 80.1 cm³/mol. The van der Waals surface area contributed by atoms with Gasteiger partial charge in [-0.1, -0.05) is 0 Å². The molecule has 2 aromatic rings. The Morgan fingerprint density at radius 3 is 2.65 bits per heavy atom. The van der Waals surface area contributed by atoms with Gasteiger partial charge >= 0.3 is 5.97 Å². The standard InChI is InChI=1S/C15H21N3O2/c1-10-7-12-11(3-2-4-16)9-18(6-5-17)14(12)13(8-10)15(19)20/h7-9H,2-6,16-17H2,1H3,(H,19,20). The molecule has 0 aliphatic carbocycles. The lowest BCUT2D eigenvalue weighted by atomic mass is 10.0. The Morgan fingerprint density at radius 2 is 2.05 bits per heavy atom. The zero-order chi connectivity index (χ0) is 14.7. The molecule has 0 aliphatic heterocycles. The summed E-state index contributed by atoms with van der Waals surface area (Å²) in [6.45, 7) is 3.63. The molecule has 1 heterocycles. The number of hydrogen-bond donors (Lipinski definition) is 3.